The maximum atomic E-state index is 11.8. The zero-order chi connectivity index (χ0) is 14.5. The van der Waals surface area contributed by atoms with E-state index in [-0.39, 0.29) is 28.6 Å². The van der Waals surface area contributed by atoms with E-state index in [0.29, 0.717) is 6.54 Å². The summed E-state index contributed by atoms with van der Waals surface area (Å²) >= 11 is 0.834. The summed E-state index contributed by atoms with van der Waals surface area (Å²) in [4.78, 5) is 21.6. The number of carbonyl (C=O) groups excluding carboxylic acids is 1. The van der Waals surface area contributed by atoms with Crippen molar-refractivity contribution in [2.75, 3.05) is 13.1 Å². The van der Waals surface area contributed by atoms with Gasteiger partial charge in [-0.15, -0.1) is 11.3 Å². The van der Waals surface area contributed by atoms with E-state index < -0.39 is 16.0 Å². The first kappa shape index (κ1) is 15.6. The number of nitrogens with one attached hydrogen (secondary N) is 2. The molecule has 0 saturated carbocycles. The van der Waals surface area contributed by atoms with Gasteiger partial charge in [0.1, 0.15) is 4.88 Å². The highest BCUT2D eigenvalue weighted by Gasteiger charge is 2.18. The van der Waals surface area contributed by atoms with Gasteiger partial charge in [0.25, 0.3) is 0 Å². The summed E-state index contributed by atoms with van der Waals surface area (Å²) in [6.07, 6.45) is 0.0307. The average Bonchev–Trinajstić information content (AvgIpc) is 2.79. The molecule has 3 N–H and O–H groups in total. The lowest BCUT2D eigenvalue weighted by Crippen LogP contribution is -2.30. The summed E-state index contributed by atoms with van der Waals surface area (Å²) in [6, 6.07) is 1.08. The Morgan fingerprint density at radius 2 is 2.11 bits per heavy atom. The quantitative estimate of drug-likeness (QED) is 0.668. The summed E-state index contributed by atoms with van der Waals surface area (Å²) in [7, 11) is -3.77. The van der Waals surface area contributed by atoms with Gasteiger partial charge >= 0.3 is 5.97 Å². The minimum Gasteiger partial charge on any atom is -0.477 e. The Labute approximate surface area is 114 Å². The van der Waals surface area contributed by atoms with Gasteiger partial charge in [-0.2, -0.15) is 0 Å². The van der Waals surface area contributed by atoms with E-state index >= 15 is 0 Å². The number of hydrogen-bond donors (Lipinski definition) is 3. The molecule has 1 heterocycles. The zero-order valence-electron chi connectivity index (χ0n) is 10.2. The van der Waals surface area contributed by atoms with Crippen molar-refractivity contribution in [1.82, 2.24) is 10.0 Å². The summed E-state index contributed by atoms with van der Waals surface area (Å²) in [5, 5.41) is 12.5. The normalized spacial score (nSPS) is 11.2. The molecule has 0 fully saturated rings. The van der Waals surface area contributed by atoms with Crippen LogP contribution in [0.1, 0.15) is 23.0 Å². The maximum Gasteiger partial charge on any atom is 0.345 e. The van der Waals surface area contributed by atoms with Crippen LogP contribution in [0.5, 0.6) is 0 Å². The Morgan fingerprint density at radius 1 is 1.42 bits per heavy atom. The predicted octanol–water partition coefficient (Wildman–Crippen LogP) is 0.251. The molecule has 106 valence electrons. The van der Waals surface area contributed by atoms with Crippen LogP contribution in [0.25, 0.3) is 0 Å². The van der Waals surface area contributed by atoms with Crippen LogP contribution >= 0.6 is 11.3 Å². The summed E-state index contributed by atoms with van der Waals surface area (Å²) in [6.45, 7) is 2.21. The van der Waals surface area contributed by atoms with Gasteiger partial charge in [0.05, 0.1) is 4.90 Å². The molecule has 1 aromatic rings. The van der Waals surface area contributed by atoms with E-state index in [1.54, 1.807) is 6.92 Å². The van der Waals surface area contributed by atoms with Crippen molar-refractivity contribution in [3.05, 3.63) is 16.3 Å². The van der Waals surface area contributed by atoms with Gasteiger partial charge in [0.2, 0.25) is 15.9 Å². The summed E-state index contributed by atoms with van der Waals surface area (Å²) < 4.78 is 25.8. The Kier molecular flexibility index (Phi) is 5.45. The minimum atomic E-state index is -3.77. The van der Waals surface area contributed by atoms with Crippen LogP contribution in [0.3, 0.4) is 0 Å². The van der Waals surface area contributed by atoms with E-state index in [2.05, 4.69) is 10.0 Å². The SMILES string of the molecule is CCNC(=O)CCNS(=O)(=O)c1csc(C(=O)O)c1. The van der Waals surface area contributed by atoms with Crippen molar-refractivity contribution >= 4 is 33.2 Å². The molecule has 0 aliphatic heterocycles. The lowest BCUT2D eigenvalue weighted by Gasteiger charge is -2.04. The van der Waals surface area contributed by atoms with Gasteiger partial charge in [0.15, 0.2) is 0 Å². The number of hydrogen-bond acceptors (Lipinski definition) is 5. The Hall–Kier alpha value is -1.45. The van der Waals surface area contributed by atoms with Crippen LogP contribution in [-0.2, 0) is 14.8 Å². The highest BCUT2D eigenvalue weighted by atomic mass is 32.2. The Bertz CT molecular complexity index is 564. The first-order chi connectivity index (χ1) is 8.86. The number of carboxylic acid groups (broad SMARTS) is 1. The standard InChI is InChI=1S/C10H14N2O5S2/c1-2-11-9(13)3-4-12-19(16,17)7-5-8(10(14)15)18-6-7/h5-6,12H,2-4H2,1H3,(H,11,13)(H,14,15). The van der Waals surface area contributed by atoms with E-state index in [1.807, 2.05) is 0 Å². The smallest absolute Gasteiger partial charge is 0.345 e. The second-order valence-corrected chi connectivity index (χ2v) is 6.23. The number of carbonyl (C=O) groups is 2. The van der Waals surface area contributed by atoms with Crippen LogP contribution in [0, 0.1) is 0 Å². The molecule has 0 unspecified atom stereocenters. The van der Waals surface area contributed by atoms with E-state index in [4.69, 9.17) is 5.11 Å². The van der Waals surface area contributed by atoms with Crippen LogP contribution in [-0.4, -0.2) is 38.5 Å². The maximum absolute atomic E-state index is 11.8. The van der Waals surface area contributed by atoms with Gasteiger partial charge in [0, 0.05) is 24.9 Å². The summed E-state index contributed by atoms with van der Waals surface area (Å²) in [5.41, 5.74) is 0. The topological polar surface area (TPSA) is 113 Å². The van der Waals surface area contributed by atoms with Crippen LogP contribution < -0.4 is 10.0 Å². The summed E-state index contributed by atoms with van der Waals surface area (Å²) in [5.74, 6) is -1.42. The fraction of sp³-hybridized carbons (Fsp3) is 0.400. The number of sulfonamides is 1. The molecule has 19 heavy (non-hydrogen) atoms. The fourth-order valence-corrected chi connectivity index (χ4v) is 3.38. The van der Waals surface area contributed by atoms with Crippen molar-refractivity contribution in [2.45, 2.75) is 18.2 Å². The highest BCUT2D eigenvalue weighted by molar-refractivity contribution is 7.89. The van der Waals surface area contributed by atoms with Crippen molar-refractivity contribution < 1.29 is 23.1 Å². The minimum absolute atomic E-state index is 0.0307. The van der Waals surface area contributed by atoms with Crippen molar-refractivity contribution in [1.29, 1.82) is 0 Å². The molecule has 0 aliphatic carbocycles. The number of carboxylic acids is 1. The molecule has 0 aliphatic rings. The molecule has 7 nitrogen and oxygen atoms in total. The molecule has 0 atom stereocenters. The van der Waals surface area contributed by atoms with Gasteiger partial charge in [-0.3, -0.25) is 4.79 Å². The third-order valence-corrected chi connectivity index (χ3v) is 4.62. The monoisotopic (exact) mass is 306 g/mol. The number of amides is 1. The van der Waals surface area contributed by atoms with Crippen LogP contribution in [0.15, 0.2) is 16.3 Å². The van der Waals surface area contributed by atoms with E-state index in [0.717, 1.165) is 17.4 Å². The second kappa shape index (κ2) is 6.64. The van der Waals surface area contributed by atoms with Gasteiger partial charge in [-0.25, -0.2) is 17.9 Å². The van der Waals surface area contributed by atoms with Crippen molar-refractivity contribution in [3.63, 3.8) is 0 Å². The lowest BCUT2D eigenvalue weighted by atomic mass is 10.4. The Balaban J connectivity index is 2.60. The molecule has 1 amide bonds. The number of thiophene rings is 1. The second-order valence-electron chi connectivity index (χ2n) is 3.55. The number of aromatic carboxylic acids is 1. The van der Waals surface area contributed by atoms with E-state index in [9.17, 15) is 18.0 Å². The largest absolute Gasteiger partial charge is 0.477 e. The Morgan fingerprint density at radius 3 is 2.63 bits per heavy atom. The van der Waals surface area contributed by atoms with E-state index in [1.165, 1.54) is 5.38 Å². The lowest BCUT2D eigenvalue weighted by molar-refractivity contribution is -0.120. The first-order valence-electron chi connectivity index (χ1n) is 5.45. The number of rotatable bonds is 7. The van der Waals surface area contributed by atoms with Crippen LogP contribution in [0.2, 0.25) is 0 Å². The zero-order valence-corrected chi connectivity index (χ0v) is 11.8. The first-order valence-corrected chi connectivity index (χ1v) is 7.81. The molecule has 0 radical (unpaired) electrons. The molecule has 1 aromatic heterocycles. The van der Waals surface area contributed by atoms with Gasteiger partial charge < -0.3 is 10.4 Å². The molecule has 0 saturated heterocycles. The third kappa shape index (κ3) is 4.62. The van der Waals surface area contributed by atoms with Gasteiger partial charge in [-0.05, 0) is 13.0 Å². The van der Waals surface area contributed by atoms with Gasteiger partial charge in [-0.1, -0.05) is 0 Å². The van der Waals surface area contributed by atoms with Crippen LogP contribution in [0.4, 0.5) is 0 Å². The molecule has 1 rings (SSSR count). The predicted molar refractivity (Wildman–Crippen MR) is 69.8 cm³/mol. The molecular weight excluding hydrogens is 292 g/mol. The fourth-order valence-electron chi connectivity index (χ4n) is 1.24. The third-order valence-electron chi connectivity index (χ3n) is 2.11. The van der Waals surface area contributed by atoms with Crippen molar-refractivity contribution in [3.8, 4) is 0 Å². The molecule has 0 bridgehead atoms. The molecular formula is C10H14N2O5S2. The molecule has 0 aromatic carbocycles. The highest BCUT2D eigenvalue weighted by Crippen LogP contribution is 2.18. The molecule has 9 heteroatoms. The molecule has 0 spiro atoms. The van der Waals surface area contributed by atoms with Crippen molar-refractivity contribution in [2.24, 2.45) is 0 Å². The average molecular weight is 306 g/mol.